The van der Waals surface area contributed by atoms with Crippen molar-refractivity contribution >= 4 is 17.4 Å². The molecule has 1 fully saturated rings. The Morgan fingerprint density at radius 3 is 2.24 bits per heavy atom. The van der Waals surface area contributed by atoms with Crippen molar-refractivity contribution in [1.29, 1.82) is 5.41 Å². The molecule has 9 N–H and O–H groups in total. The smallest absolute Gasteiger partial charge is 0.236 e. The van der Waals surface area contributed by atoms with E-state index in [1.165, 1.54) is 5.56 Å². The molecule has 178 valence electrons. The van der Waals surface area contributed by atoms with Gasteiger partial charge in [0.05, 0.1) is 0 Å². The van der Waals surface area contributed by atoms with Crippen molar-refractivity contribution in [3.63, 3.8) is 0 Å². The number of piperazine rings is 1. The zero-order valence-corrected chi connectivity index (χ0v) is 19.4. The number of nitrogen functional groups attached to an aromatic ring is 1. The molecule has 0 aromatic heterocycles. The summed E-state index contributed by atoms with van der Waals surface area (Å²) in [6.45, 7) is 4.94. The number of nitrogens with zero attached hydrogens (tertiary/aromatic N) is 2. The van der Waals surface area contributed by atoms with E-state index in [1.54, 1.807) is 0 Å². The molecule has 1 aliphatic heterocycles. The van der Waals surface area contributed by atoms with E-state index >= 15 is 0 Å². The number of amidine groups is 1. The van der Waals surface area contributed by atoms with E-state index < -0.39 is 0 Å². The summed E-state index contributed by atoms with van der Waals surface area (Å²) in [7, 11) is 0. The molecule has 4 rings (SSSR count). The minimum absolute atomic E-state index is 0.0560. The summed E-state index contributed by atoms with van der Waals surface area (Å²) in [5.74, 6) is 7.76. The number of benzene rings is 3. The van der Waals surface area contributed by atoms with E-state index in [9.17, 15) is 4.79 Å². The van der Waals surface area contributed by atoms with Crippen LogP contribution in [0.3, 0.4) is 0 Å². The first-order valence-electron chi connectivity index (χ1n) is 11.1. The van der Waals surface area contributed by atoms with Crippen molar-refractivity contribution in [1.82, 2.24) is 4.90 Å². The van der Waals surface area contributed by atoms with Crippen molar-refractivity contribution in [2.24, 2.45) is 23.2 Å². The summed E-state index contributed by atoms with van der Waals surface area (Å²) < 4.78 is 0. The van der Waals surface area contributed by atoms with E-state index in [0.29, 0.717) is 13.1 Å². The number of hydrogen-bond acceptors (Lipinski definition) is 6. The molecule has 8 nitrogen and oxygen atoms in total. The van der Waals surface area contributed by atoms with E-state index in [2.05, 4.69) is 52.7 Å². The van der Waals surface area contributed by atoms with Crippen molar-refractivity contribution in [2.75, 3.05) is 24.5 Å². The molecule has 1 aliphatic rings. The average Bonchev–Trinajstić information content (AvgIpc) is 2.86. The Kier molecular flexibility index (Phi) is 8.37. The second-order valence-electron chi connectivity index (χ2n) is 8.28. The molecule has 0 bridgehead atoms. The number of primary amides is 1. The largest absolute Gasteiger partial charge is 0.384 e. The van der Waals surface area contributed by atoms with Crippen molar-refractivity contribution in [3.8, 4) is 11.1 Å². The predicted octanol–water partition coefficient (Wildman–Crippen LogP) is 1.94. The second-order valence-corrected chi connectivity index (χ2v) is 8.28. The number of nitrogens with two attached hydrogens (primary N) is 4. The van der Waals surface area contributed by atoms with E-state index in [-0.39, 0.29) is 17.8 Å². The molecule has 3 aromatic rings. The zero-order chi connectivity index (χ0) is 24.7. The van der Waals surface area contributed by atoms with Gasteiger partial charge in [-0.3, -0.25) is 26.8 Å². The first-order valence-corrected chi connectivity index (χ1v) is 11.1. The van der Waals surface area contributed by atoms with E-state index in [4.69, 9.17) is 16.9 Å². The standard InChI is InChI=1S/C26H29N5O.H4N2/c1-18-6-2-5-9-23(18)31-15-14-30(24(17-31)26(29)32)16-19-10-12-20(13-11-19)21-7-3-4-8-22(21)25(27)28;1-2/h2-13,24H,14-17H2,1H3,(H3,27,28)(H2,29,32);1-2H2. The quantitative estimate of drug-likeness (QED) is 0.164. The van der Waals surface area contributed by atoms with Crippen LogP contribution in [0.25, 0.3) is 11.1 Å². The predicted molar refractivity (Wildman–Crippen MR) is 138 cm³/mol. The molecule has 0 spiro atoms. The maximum atomic E-state index is 12.3. The highest BCUT2D eigenvalue weighted by Crippen LogP contribution is 2.26. The number of nitrogens with one attached hydrogen (secondary N) is 1. The molecule has 0 saturated carbocycles. The lowest BCUT2D eigenvalue weighted by molar-refractivity contribution is -0.123. The highest BCUT2D eigenvalue weighted by atomic mass is 16.1. The fourth-order valence-electron chi connectivity index (χ4n) is 4.41. The Hall–Kier alpha value is -3.72. The first-order chi connectivity index (χ1) is 16.4. The number of aryl methyl sites for hydroxylation is 1. The lowest BCUT2D eigenvalue weighted by atomic mass is 9.98. The summed E-state index contributed by atoms with van der Waals surface area (Å²) in [5.41, 5.74) is 17.7. The van der Waals surface area contributed by atoms with Crippen LogP contribution in [-0.4, -0.2) is 42.3 Å². The Morgan fingerprint density at radius 2 is 1.59 bits per heavy atom. The van der Waals surface area contributed by atoms with Gasteiger partial charge in [0, 0.05) is 37.4 Å². The number of carbonyl (C=O) groups excluding carboxylic acids is 1. The minimum Gasteiger partial charge on any atom is -0.384 e. The molecular formula is C26H33N7O. The van der Waals surface area contributed by atoms with Crippen LogP contribution in [0.1, 0.15) is 16.7 Å². The summed E-state index contributed by atoms with van der Waals surface area (Å²) in [6.07, 6.45) is 0. The number of anilines is 1. The summed E-state index contributed by atoms with van der Waals surface area (Å²) in [5, 5.41) is 7.82. The molecule has 34 heavy (non-hydrogen) atoms. The van der Waals surface area contributed by atoms with Gasteiger partial charge in [-0.15, -0.1) is 0 Å². The lowest BCUT2D eigenvalue weighted by Gasteiger charge is -2.41. The molecule has 1 heterocycles. The van der Waals surface area contributed by atoms with Gasteiger partial charge in [0.1, 0.15) is 11.9 Å². The van der Waals surface area contributed by atoms with Crippen LogP contribution in [0.5, 0.6) is 0 Å². The lowest BCUT2D eigenvalue weighted by Crippen LogP contribution is -2.58. The minimum atomic E-state index is -0.346. The van der Waals surface area contributed by atoms with Crippen LogP contribution in [0.2, 0.25) is 0 Å². The number of hydrogen-bond donors (Lipinski definition) is 5. The zero-order valence-electron chi connectivity index (χ0n) is 19.4. The van der Waals surface area contributed by atoms with Crippen LogP contribution < -0.4 is 28.1 Å². The molecule has 0 radical (unpaired) electrons. The van der Waals surface area contributed by atoms with Gasteiger partial charge in [-0.2, -0.15) is 0 Å². The number of hydrazine groups is 1. The summed E-state index contributed by atoms with van der Waals surface area (Å²) >= 11 is 0. The van der Waals surface area contributed by atoms with Crippen LogP contribution in [0.4, 0.5) is 5.69 Å². The molecule has 8 heteroatoms. The average molecular weight is 460 g/mol. The fourth-order valence-corrected chi connectivity index (χ4v) is 4.41. The van der Waals surface area contributed by atoms with Gasteiger partial charge in [0.2, 0.25) is 5.91 Å². The highest BCUT2D eigenvalue weighted by molar-refractivity contribution is 6.01. The van der Waals surface area contributed by atoms with Crippen molar-refractivity contribution in [2.45, 2.75) is 19.5 Å². The van der Waals surface area contributed by atoms with Crippen LogP contribution >= 0.6 is 0 Å². The Morgan fingerprint density at radius 1 is 0.941 bits per heavy atom. The second kappa shape index (κ2) is 11.4. The Balaban J connectivity index is 0.00000158. The topological polar surface area (TPSA) is 151 Å². The SMILES string of the molecule is Cc1ccccc1N1CCN(Cc2ccc(-c3ccccc3C(=N)N)cc2)C(C(N)=O)C1.NN. The van der Waals surface area contributed by atoms with Crippen LogP contribution in [0, 0.1) is 12.3 Å². The first kappa shape index (κ1) is 24.9. The number of para-hydroxylation sites is 1. The van der Waals surface area contributed by atoms with Crippen molar-refractivity contribution < 1.29 is 4.79 Å². The molecule has 3 aromatic carbocycles. The van der Waals surface area contributed by atoms with E-state index in [0.717, 1.165) is 41.0 Å². The van der Waals surface area contributed by atoms with Crippen LogP contribution in [0.15, 0.2) is 72.8 Å². The molecule has 1 unspecified atom stereocenters. The molecular weight excluding hydrogens is 426 g/mol. The number of rotatable bonds is 6. The van der Waals surface area contributed by atoms with Gasteiger partial charge in [-0.25, -0.2) is 0 Å². The third-order valence-electron chi connectivity index (χ3n) is 6.14. The monoisotopic (exact) mass is 459 g/mol. The van der Waals surface area contributed by atoms with Gasteiger partial charge in [-0.05, 0) is 35.2 Å². The summed E-state index contributed by atoms with van der Waals surface area (Å²) in [4.78, 5) is 16.7. The fraction of sp³-hybridized carbons (Fsp3) is 0.231. The highest BCUT2D eigenvalue weighted by Gasteiger charge is 2.31. The van der Waals surface area contributed by atoms with Gasteiger partial charge in [0.25, 0.3) is 0 Å². The maximum absolute atomic E-state index is 12.3. The molecule has 1 amide bonds. The van der Waals surface area contributed by atoms with Gasteiger partial charge in [-0.1, -0.05) is 66.7 Å². The molecule has 1 atom stereocenters. The molecule has 1 saturated heterocycles. The Bertz CT molecular complexity index is 1130. The van der Waals surface area contributed by atoms with Crippen molar-refractivity contribution in [3.05, 3.63) is 89.5 Å². The Labute approximate surface area is 200 Å². The number of carbonyl (C=O) groups is 1. The van der Waals surface area contributed by atoms with Crippen LogP contribution in [-0.2, 0) is 11.3 Å². The third kappa shape index (κ3) is 5.60. The summed E-state index contributed by atoms with van der Waals surface area (Å²) in [6, 6.07) is 23.8. The van der Waals surface area contributed by atoms with Gasteiger partial charge >= 0.3 is 0 Å². The number of amides is 1. The third-order valence-corrected chi connectivity index (χ3v) is 6.14. The normalized spacial score (nSPS) is 15.9. The van der Waals surface area contributed by atoms with E-state index in [1.807, 2.05) is 48.5 Å². The maximum Gasteiger partial charge on any atom is 0.236 e. The van der Waals surface area contributed by atoms with Gasteiger partial charge in [0.15, 0.2) is 0 Å². The molecule has 0 aliphatic carbocycles. The van der Waals surface area contributed by atoms with Gasteiger partial charge < -0.3 is 16.4 Å².